The maximum absolute atomic E-state index is 13.1. The third-order valence-corrected chi connectivity index (χ3v) is 26.2. The van der Waals surface area contributed by atoms with Crippen molar-refractivity contribution in [2.24, 2.45) is 0 Å². The fourth-order valence-electron chi connectivity index (χ4n) is 7.04. The van der Waals surface area contributed by atoms with Crippen LogP contribution in [0.3, 0.4) is 0 Å². The molecule has 0 heterocycles. The van der Waals surface area contributed by atoms with Crippen molar-refractivity contribution in [3.8, 4) is 0 Å². The summed E-state index contributed by atoms with van der Waals surface area (Å²) in [6.07, 6.45) is 7.10. The summed E-state index contributed by atoms with van der Waals surface area (Å²) in [7, 11) is 0. The van der Waals surface area contributed by atoms with Gasteiger partial charge >= 0.3 is 202 Å². The molecule has 1 rings (SSSR count). The summed E-state index contributed by atoms with van der Waals surface area (Å²) < 4.78 is 20.5. The van der Waals surface area contributed by atoms with Gasteiger partial charge in [-0.05, 0) is 19.3 Å². The molecule has 0 aromatic heterocycles. The Morgan fingerprint density at radius 2 is 1.31 bits per heavy atom. The van der Waals surface area contributed by atoms with Gasteiger partial charge < -0.3 is 30.3 Å². The van der Waals surface area contributed by atoms with Crippen LogP contribution in [0.4, 0.5) is 4.79 Å². The summed E-state index contributed by atoms with van der Waals surface area (Å²) in [6, 6.07) is 7.08. The van der Waals surface area contributed by atoms with Gasteiger partial charge in [-0.25, -0.2) is 9.59 Å². The molecule has 0 saturated carbocycles. The Hall–Kier alpha value is -4.02. The van der Waals surface area contributed by atoms with Crippen molar-refractivity contribution >= 4 is 70.4 Å². The summed E-state index contributed by atoms with van der Waals surface area (Å²) in [6.45, 7) is 7.41. The number of hydrogen-bond donors (Lipinski definition) is 4. The van der Waals surface area contributed by atoms with E-state index >= 15 is 0 Å². The number of benzene rings is 1. The molecule has 0 aliphatic rings. The summed E-state index contributed by atoms with van der Waals surface area (Å²) in [5.41, 5.74) is 0.753. The fraction of sp³-hybridized carbons (Fsp3) is 0.674. The first-order chi connectivity index (χ1) is 28.3. The van der Waals surface area contributed by atoms with Crippen molar-refractivity contribution in [2.45, 2.75) is 175 Å². The van der Waals surface area contributed by atoms with Crippen LogP contribution in [0.15, 0.2) is 24.3 Å². The van der Waals surface area contributed by atoms with Crippen molar-refractivity contribution in [1.82, 2.24) is 10.6 Å². The van der Waals surface area contributed by atoms with E-state index in [9.17, 15) is 38.4 Å². The molecule has 1 aromatic carbocycles. The molecular weight excluding hydrogens is 871 g/mol. The standard InChI is InChI=1S/C31H41N2O13.3C4H9.Sn/c34-20-44-24(11-5-2-6-12-26(37)22-9-3-1-4-10-22)19-23(36)14-16-27(38)32-18-8-7-13-29(45-21-35)46-31(43)33-25(30(41)42)15-17-28(39)40;3*1-3-4-2;/h3-4,9-10,20-21,24-25,29H,2,5-8,11-19H2,(H,32,38)(H,33,43)(H,39,40)(H,41,42);3*1,3-4H2,2H3;/t24?,25-,29-;;;;/m0..../s1. The Morgan fingerprint density at radius 1 is 0.695 bits per heavy atom. The molecule has 1 unspecified atom stereocenters. The van der Waals surface area contributed by atoms with E-state index in [-0.39, 0.29) is 62.6 Å². The molecule has 0 saturated heterocycles. The molecule has 3 atom stereocenters. The van der Waals surface area contributed by atoms with Crippen molar-refractivity contribution in [2.75, 3.05) is 6.54 Å². The van der Waals surface area contributed by atoms with E-state index in [0.717, 1.165) is 12.0 Å². The second-order valence-corrected chi connectivity index (χ2v) is 28.4. The van der Waals surface area contributed by atoms with Crippen LogP contribution in [0.2, 0.25) is 13.3 Å². The average Bonchev–Trinajstić information content (AvgIpc) is 3.21. The van der Waals surface area contributed by atoms with Crippen molar-refractivity contribution in [1.29, 1.82) is 0 Å². The number of Topliss-reactive ketones (excluding diaryl/α,β-unsaturated/α-hetero) is 2. The molecule has 0 bridgehead atoms. The molecule has 15 nitrogen and oxygen atoms in total. The summed E-state index contributed by atoms with van der Waals surface area (Å²) in [5.74, 6) is -3.17. The first-order valence-corrected chi connectivity index (χ1v) is 28.8. The molecule has 0 radical (unpaired) electrons. The molecule has 2 amide bonds. The van der Waals surface area contributed by atoms with Crippen LogP contribution in [-0.2, 0) is 43.0 Å². The van der Waals surface area contributed by atoms with Crippen LogP contribution in [0, 0.1) is 0 Å². The zero-order valence-electron chi connectivity index (χ0n) is 35.3. The van der Waals surface area contributed by atoms with Gasteiger partial charge in [0, 0.05) is 32.2 Å². The summed E-state index contributed by atoms with van der Waals surface area (Å²) in [4.78, 5) is 94.0. The number of hydrogen-bond acceptors (Lipinski definition) is 11. The van der Waals surface area contributed by atoms with Crippen molar-refractivity contribution < 1.29 is 62.8 Å². The van der Waals surface area contributed by atoms with Crippen LogP contribution in [0.25, 0.3) is 0 Å². The van der Waals surface area contributed by atoms with Gasteiger partial charge in [-0.1, -0.05) is 0 Å². The molecule has 0 aliphatic heterocycles. The van der Waals surface area contributed by atoms with Gasteiger partial charge in [0.05, 0.1) is 0 Å². The van der Waals surface area contributed by atoms with Crippen molar-refractivity contribution in [3.05, 3.63) is 29.8 Å². The number of carbonyl (C=O) groups excluding carboxylic acids is 6. The molecule has 16 heteroatoms. The van der Waals surface area contributed by atoms with E-state index in [4.69, 9.17) is 24.4 Å². The third-order valence-electron chi connectivity index (χ3n) is 10.5. The molecule has 0 fully saturated rings. The Labute approximate surface area is 353 Å². The number of ketones is 2. The third kappa shape index (κ3) is 23.4. The predicted octanol–water partition coefficient (Wildman–Crippen LogP) is 6.99. The van der Waals surface area contributed by atoms with E-state index in [1.165, 1.54) is 51.8 Å². The quantitative estimate of drug-likeness (QED) is 0.0174. The average molecular weight is 940 g/mol. The van der Waals surface area contributed by atoms with Gasteiger partial charge in [0.1, 0.15) is 11.8 Å². The number of unbranched alkanes of at least 4 members (excludes halogenated alkanes) is 6. The number of carboxylic acids is 2. The van der Waals surface area contributed by atoms with E-state index in [1.54, 1.807) is 3.58 Å². The fourth-order valence-corrected chi connectivity index (χ4v) is 23.0. The van der Waals surface area contributed by atoms with Gasteiger partial charge in [-0.2, -0.15) is 0 Å². The monoisotopic (exact) mass is 940 g/mol. The zero-order valence-corrected chi connectivity index (χ0v) is 38.2. The molecule has 1 aromatic rings. The number of rotatable bonds is 37. The number of alkyl carbamates (subject to hydrolysis) is 1. The van der Waals surface area contributed by atoms with Crippen LogP contribution < -0.4 is 14.2 Å². The van der Waals surface area contributed by atoms with Crippen LogP contribution in [-0.4, -0.2) is 102 Å². The molecule has 59 heavy (non-hydrogen) atoms. The van der Waals surface area contributed by atoms with Crippen molar-refractivity contribution in [3.63, 3.8) is 0 Å². The van der Waals surface area contributed by atoms with Gasteiger partial charge in [0.25, 0.3) is 12.9 Å². The summed E-state index contributed by atoms with van der Waals surface area (Å²) in [5, 5.41) is 22.6. The summed E-state index contributed by atoms with van der Waals surface area (Å²) >= 11 is -2.55. The molecule has 0 spiro atoms. The molecule has 332 valence electrons. The van der Waals surface area contributed by atoms with Crippen LogP contribution in [0.5, 0.6) is 0 Å². The predicted molar refractivity (Wildman–Crippen MR) is 224 cm³/mol. The van der Waals surface area contributed by atoms with E-state index < -0.39 is 61.3 Å². The Balaban J connectivity index is 2.44. The van der Waals surface area contributed by atoms with E-state index in [1.807, 2.05) is 17.4 Å². The van der Waals surface area contributed by atoms with Crippen LogP contribution in [0.1, 0.15) is 153 Å². The minimum atomic E-state index is -2.55. The van der Waals surface area contributed by atoms with E-state index in [0.29, 0.717) is 45.0 Å². The number of nitrogens with one attached hydrogen (secondary N) is 2. The van der Waals surface area contributed by atoms with Crippen LogP contribution >= 0.6 is 0 Å². The normalized spacial score (nSPS) is 12.7. The van der Waals surface area contributed by atoms with E-state index in [2.05, 4.69) is 38.2 Å². The Morgan fingerprint density at radius 3 is 1.86 bits per heavy atom. The minimum absolute atomic E-state index is 0.0168. The number of aliphatic carboxylic acids is 2. The Kier molecular flexibility index (Phi) is 28.6. The second kappa shape index (κ2) is 31.8. The topological polar surface area (TPSA) is 229 Å². The number of carboxylic acid groups (broad SMARTS) is 2. The molecule has 0 aliphatic carbocycles. The first-order valence-electron chi connectivity index (χ1n) is 21.4. The van der Waals surface area contributed by atoms with Gasteiger partial charge in [-0.3, -0.25) is 24.0 Å². The van der Waals surface area contributed by atoms with Gasteiger partial charge in [-0.15, -0.1) is 0 Å². The SMILES string of the molecule is CCC[CH2][Sn]([CH2]CCC)([CH2]CCC)[c]1ccc(C(=O)CCCCCC(CC(=O)CCC(=O)NCCCC[C@@H](OC=O)OC(=O)N[C@@H](CCC(=O)O)C(=O)O)OC=O)cc1. The number of ether oxygens (including phenoxy) is 3. The first kappa shape index (κ1) is 53.0. The second-order valence-electron chi connectivity index (χ2n) is 15.2. The van der Waals surface area contributed by atoms with Gasteiger partial charge in [0.2, 0.25) is 12.2 Å². The Bertz CT molecular complexity index is 1420. The molecular formula is C43H68N2O13Sn. The van der Waals surface area contributed by atoms with Gasteiger partial charge in [0.15, 0.2) is 0 Å². The number of carbonyl (C=O) groups is 8. The maximum atomic E-state index is 13.1. The molecule has 4 N–H and O–H groups in total. The number of amides is 2. The zero-order chi connectivity index (χ0) is 43.9.